The molecule has 1 saturated carbocycles. The van der Waals surface area contributed by atoms with Gasteiger partial charge in [-0.05, 0) is 30.5 Å². The number of rotatable bonds is 4. The van der Waals surface area contributed by atoms with Crippen molar-refractivity contribution in [1.82, 2.24) is 5.32 Å². The molecule has 104 valence electrons. The van der Waals surface area contributed by atoms with Gasteiger partial charge >= 0.3 is 0 Å². The summed E-state index contributed by atoms with van der Waals surface area (Å²) >= 11 is 0. The predicted octanol–water partition coefficient (Wildman–Crippen LogP) is 2.35. The van der Waals surface area contributed by atoms with Crippen LogP contribution in [0.1, 0.15) is 37.7 Å². The third kappa shape index (κ3) is 4.03. The van der Waals surface area contributed by atoms with E-state index in [1.54, 1.807) is 6.07 Å². The second kappa shape index (κ2) is 6.66. The molecule has 19 heavy (non-hydrogen) atoms. The van der Waals surface area contributed by atoms with E-state index >= 15 is 0 Å². The topological polar surface area (TPSA) is 55.1 Å². The van der Waals surface area contributed by atoms with E-state index in [1.807, 2.05) is 6.07 Å². The Morgan fingerprint density at radius 1 is 1.32 bits per heavy atom. The normalized spacial score (nSPS) is 23.8. The van der Waals surface area contributed by atoms with Gasteiger partial charge in [0.05, 0.1) is 5.92 Å². The van der Waals surface area contributed by atoms with Crippen LogP contribution < -0.4 is 11.1 Å². The highest BCUT2D eigenvalue weighted by atomic mass is 19.1. The van der Waals surface area contributed by atoms with Crippen molar-refractivity contribution in [2.24, 2.45) is 11.7 Å². The lowest BCUT2D eigenvalue weighted by Gasteiger charge is -2.23. The first-order valence-electron chi connectivity index (χ1n) is 6.94. The first-order valence-corrected chi connectivity index (χ1v) is 6.94. The standard InChI is InChI=1S/C15H21FN2O/c16-12-6-4-5-11(9-12)10-18-14-8-3-1-2-7-13(14)15(17)19/h4-6,9,13-14,18H,1-3,7-8,10H2,(H2,17,19)/t13-,14+/m0/s1. The monoisotopic (exact) mass is 264 g/mol. The summed E-state index contributed by atoms with van der Waals surface area (Å²) in [5, 5.41) is 3.37. The number of nitrogens with one attached hydrogen (secondary N) is 1. The fourth-order valence-electron chi connectivity index (χ4n) is 2.79. The minimum Gasteiger partial charge on any atom is -0.369 e. The second-order valence-corrected chi connectivity index (χ2v) is 5.26. The molecule has 3 nitrogen and oxygen atoms in total. The number of hydrogen-bond donors (Lipinski definition) is 2. The highest BCUT2D eigenvalue weighted by Crippen LogP contribution is 2.23. The van der Waals surface area contributed by atoms with Crippen molar-refractivity contribution >= 4 is 5.91 Å². The number of carbonyl (C=O) groups is 1. The maximum Gasteiger partial charge on any atom is 0.222 e. The van der Waals surface area contributed by atoms with Gasteiger partial charge < -0.3 is 11.1 Å². The van der Waals surface area contributed by atoms with Gasteiger partial charge in [-0.15, -0.1) is 0 Å². The lowest BCUT2D eigenvalue weighted by atomic mass is 9.94. The molecule has 1 aromatic rings. The maximum absolute atomic E-state index is 13.1. The molecule has 1 aliphatic carbocycles. The highest BCUT2D eigenvalue weighted by molar-refractivity contribution is 5.77. The second-order valence-electron chi connectivity index (χ2n) is 5.26. The van der Waals surface area contributed by atoms with Gasteiger partial charge in [0.15, 0.2) is 0 Å². The molecule has 1 aliphatic rings. The largest absolute Gasteiger partial charge is 0.369 e. The van der Waals surface area contributed by atoms with Gasteiger partial charge in [0.25, 0.3) is 0 Å². The van der Waals surface area contributed by atoms with E-state index in [1.165, 1.54) is 12.1 Å². The molecule has 0 aliphatic heterocycles. The van der Waals surface area contributed by atoms with E-state index in [-0.39, 0.29) is 23.7 Å². The van der Waals surface area contributed by atoms with Gasteiger partial charge in [-0.2, -0.15) is 0 Å². The zero-order chi connectivity index (χ0) is 13.7. The van der Waals surface area contributed by atoms with E-state index in [4.69, 9.17) is 5.73 Å². The van der Waals surface area contributed by atoms with Crippen molar-refractivity contribution in [3.8, 4) is 0 Å². The smallest absolute Gasteiger partial charge is 0.222 e. The summed E-state index contributed by atoms with van der Waals surface area (Å²) in [5.74, 6) is -0.554. The molecule has 3 N–H and O–H groups in total. The molecule has 1 aromatic carbocycles. The van der Waals surface area contributed by atoms with E-state index in [9.17, 15) is 9.18 Å². The van der Waals surface area contributed by atoms with Crippen LogP contribution >= 0.6 is 0 Å². The van der Waals surface area contributed by atoms with E-state index < -0.39 is 0 Å². The third-order valence-corrected chi connectivity index (χ3v) is 3.84. The summed E-state index contributed by atoms with van der Waals surface area (Å²) in [6.45, 7) is 0.576. The molecule has 2 rings (SSSR count). The summed E-state index contributed by atoms with van der Waals surface area (Å²) in [5.41, 5.74) is 6.38. The Balaban J connectivity index is 1.97. The Labute approximate surface area is 113 Å². The zero-order valence-corrected chi connectivity index (χ0v) is 11.1. The van der Waals surface area contributed by atoms with Crippen molar-refractivity contribution in [2.75, 3.05) is 0 Å². The summed E-state index contributed by atoms with van der Waals surface area (Å²) < 4.78 is 13.1. The van der Waals surface area contributed by atoms with Crippen LogP contribution in [0.25, 0.3) is 0 Å². The Morgan fingerprint density at radius 3 is 2.84 bits per heavy atom. The van der Waals surface area contributed by atoms with Crippen molar-refractivity contribution in [3.05, 3.63) is 35.6 Å². The Hall–Kier alpha value is -1.42. The number of halogens is 1. The molecule has 0 unspecified atom stereocenters. The lowest BCUT2D eigenvalue weighted by Crippen LogP contribution is -2.41. The zero-order valence-electron chi connectivity index (χ0n) is 11.1. The number of carbonyl (C=O) groups excluding carboxylic acids is 1. The summed E-state index contributed by atoms with van der Waals surface area (Å²) in [4.78, 5) is 11.5. The Kier molecular flexibility index (Phi) is 4.91. The van der Waals surface area contributed by atoms with Gasteiger partial charge in [-0.1, -0.05) is 31.4 Å². The number of nitrogens with two attached hydrogens (primary N) is 1. The van der Waals surface area contributed by atoms with Crippen molar-refractivity contribution < 1.29 is 9.18 Å². The van der Waals surface area contributed by atoms with Crippen molar-refractivity contribution in [1.29, 1.82) is 0 Å². The summed E-state index contributed by atoms with van der Waals surface area (Å²) in [6.07, 6.45) is 5.15. The van der Waals surface area contributed by atoms with Gasteiger partial charge in [0.1, 0.15) is 5.82 Å². The summed E-state index contributed by atoms with van der Waals surface area (Å²) in [7, 11) is 0. The molecule has 0 aromatic heterocycles. The number of amides is 1. The molecule has 1 fully saturated rings. The van der Waals surface area contributed by atoms with Gasteiger partial charge in [0, 0.05) is 12.6 Å². The SMILES string of the molecule is NC(=O)[C@H]1CCCCC[C@H]1NCc1cccc(F)c1. The molecular formula is C15H21FN2O. The van der Waals surface area contributed by atoms with E-state index in [0.717, 1.165) is 37.7 Å². The first kappa shape index (κ1) is 14.0. The van der Waals surface area contributed by atoms with Crippen LogP contribution in [0.5, 0.6) is 0 Å². The van der Waals surface area contributed by atoms with Crippen LogP contribution in [-0.2, 0) is 11.3 Å². The summed E-state index contributed by atoms with van der Waals surface area (Å²) in [6, 6.07) is 6.64. The predicted molar refractivity (Wildman–Crippen MR) is 72.8 cm³/mol. The molecule has 0 saturated heterocycles. The fourth-order valence-corrected chi connectivity index (χ4v) is 2.79. The highest BCUT2D eigenvalue weighted by Gasteiger charge is 2.27. The molecule has 0 bridgehead atoms. The number of benzene rings is 1. The van der Waals surface area contributed by atoms with Crippen molar-refractivity contribution in [2.45, 2.75) is 44.7 Å². The minimum atomic E-state index is -0.230. The molecule has 0 radical (unpaired) electrons. The van der Waals surface area contributed by atoms with Crippen LogP contribution in [0.15, 0.2) is 24.3 Å². The molecule has 0 spiro atoms. The number of primary amides is 1. The molecule has 4 heteroatoms. The average Bonchev–Trinajstić information content (AvgIpc) is 2.61. The van der Waals surface area contributed by atoms with Crippen LogP contribution in [0.2, 0.25) is 0 Å². The van der Waals surface area contributed by atoms with Gasteiger partial charge in [0.2, 0.25) is 5.91 Å². The van der Waals surface area contributed by atoms with Gasteiger partial charge in [-0.25, -0.2) is 4.39 Å². The van der Waals surface area contributed by atoms with Gasteiger partial charge in [-0.3, -0.25) is 4.79 Å². The molecule has 2 atom stereocenters. The molecular weight excluding hydrogens is 243 g/mol. The van der Waals surface area contributed by atoms with Crippen LogP contribution in [-0.4, -0.2) is 11.9 Å². The third-order valence-electron chi connectivity index (χ3n) is 3.84. The van der Waals surface area contributed by atoms with Crippen LogP contribution in [0.3, 0.4) is 0 Å². The van der Waals surface area contributed by atoms with Crippen LogP contribution in [0, 0.1) is 11.7 Å². The van der Waals surface area contributed by atoms with E-state index in [2.05, 4.69) is 5.32 Å². The minimum absolute atomic E-state index is 0.101. The fraction of sp³-hybridized carbons (Fsp3) is 0.533. The molecule has 0 heterocycles. The first-order chi connectivity index (χ1) is 9.16. The maximum atomic E-state index is 13.1. The molecule has 1 amide bonds. The van der Waals surface area contributed by atoms with E-state index in [0.29, 0.717) is 6.54 Å². The lowest BCUT2D eigenvalue weighted by molar-refractivity contribution is -0.122. The Morgan fingerprint density at radius 2 is 2.11 bits per heavy atom. The van der Waals surface area contributed by atoms with Crippen molar-refractivity contribution in [3.63, 3.8) is 0 Å². The number of hydrogen-bond acceptors (Lipinski definition) is 2. The van der Waals surface area contributed by atoms with Crippen LogP contribution in [0.4, 0.5) is 4.39 Å². The Bertz CT molecular complexity index is 436. The average molecular weight is 264 g/mol. The quantitative estimate of drug-likeness (QED) is 0.820.